The summed E-state index contributed by atoms with van der Waals surface area (Å²) in [6, 6.07) is 12.2. The fourth-order valence-electron chi connectivity index (χ4n) is 3.26. The van der Waals surface area contributed by atoms with E-state index in [4.69, 9.17) is 0 Å². The van der Waals surface area contributed by atoms with Crippen molar-refractivity contribution in [2.75, 3.05) is 6.54 Å². The van der Waals surface area contributed by atoms with Crippen molar-refractivity contribution in [3.8, 4) is 0 Å². The van der Waals surface area contributed by atoms with E-state index in [1.54, 1.807) is 16.2 Å². The summed E-state index contributed by atoms with van der Waals surface area (Å²) in [7, 11) is 0. The number of amides is 2. The second kappa shape index (κ2) is 7.40. The minimum absolute atomic E-state index is 0.0647. The van der Waals surface area contributed by atoms with E-state index in [2.05, 4.69) is 11.4 Å². The maximum Gasteiger partial charge on any atom is 0.245 e. The minimum atomic E-state index is -0.751. The SMILES string of the molecule is Cc1ccc(CNC(=O)[C@@]2(C)CCC(=O)N2CCc2cccs2)cc1. The molecule has 1 saturated heterocycles. The van der Waals surface area contributed by atoms with E-state index in [1.165, 1.54) is 10.4 Å². The van der Waals surface area contributed by atoms with Crippen molar-refractivity contribution in [1.82, 2.24) is 10.2 Å². The minimum Gasteiger partial charge on any atom is -0.350 e. The molecule has 3 rings (SSSR count). The van der Waals surface area contributed by atoms with E-state index >= 15 is 0 Å². The number of nitrogens with zero attached hydrogens (tertiary/aromatic N) is 1. The molecule has 1 atom stereocenters. The normalized spacial score (nSPS) is 20.1. The number of nitrogens with one attached hydrogen (secondary N) is 1. The summed E-state index contributed by atoms with van der Waals surface area (Å²) < 4.78 is 0. The van der Waals surface area contributed by atoms with Crippen molar-refractivity contribution in [2.24, 2.45) is 0 Å². The van der Waals surface area contributed by atoms with Crippen LogP contribution in [0, 0.1) is 6.92 Å². The molecule has 0 spiro atoms. The van der Waals surface area contributed by atoms with E-state index in [1.807, 2.05) is 49.6 Å². The number of likely N-dealkylation sites (tertiary alicyclic amines) is 1. The number of aryl methyl sites for hydroxylation is 1. The van der Waals surface area contributed by atoms with Crippen LogP contribution >= 0.6 is 11.3 Å². The molecule has 0 unspecified atom stereocenters. The Hall–Kier alpha value is -2.14. The van der Waals surface area contributed by atoms with Gasteiger partial charge in [0.2, 0.25) is 11.8 Å². The van der Waals surface area contributed by atoms with Gasteiger partial charge in [-0.2, -0.15) is 0 Å². The molecule has 1 aliphatic rings. The molecule has 5 heteroatoms. The Kier molecular flexibility index (Phi) is 5.23. The molecular formula is C20H24N2O2S. The van der Waals surface area contributed by atoms with E-state index in [9.17, 15) is 9.59 Å². The average Bonchev–Trinajstić information content (AvgIpc) is 3.22. The summed E-state index contributed by atoms with van der Waals surface area (Å²) in [5.74, 6) is 0.00893. The molecule has 0 radical (unpaired) electrons. The monoisotopic (exact) mass is 356 g/mol. The van der Waals surface area contributed by atoms with Crippen molar-refractivity contribution in [1.29, 1.82) is 0 Å². The van der Waals surface area contributed by atoms with Crippen LogP contribution in [0.4, 0.5) is 0 Å². The number of hydrogen-bond acceptors (Lipinski definition) is 3. The Labute approximate surface area is 152 Å². The third-order valence-electron chi connectivity index (χ3n) is 4.95. The van der Waals surface area contributed by atoms with Gasteiger partial charge in [-0.25, -0.2) is 0 Å². The first-order valence-corrected chi connectivity index (χ1v) is 9.54. The van der Waals surface area contributed by atoms with E-state index in [0.29, 0.717) is 25.9 Å². The van der Waals surface area contributed by atoms with Crippen molar-refractivity contribution >= 4 is 23.2 Å². The van der Waals surface area contributed by atoms with Crippen molar-refractivity contribution in [2.45, 2.75) is 45.2 Å². The summed E-state index contributed by atoms with van der Waals surface area (Å²) in [5.41, 5.74) is 1.51. The van der Waals surface area contributed by atoms with Gasteiger partial charge in [-0.3, -0.25) is 9.59 Å². The predicted octanol–water partition coefficient (Wildman–Crippen LogP) is 3.30. The zero-order valence-corrected chi connectivity index (χ0v) is 15.6. The predicted molar refractivity (Wildman–Crippen MR) is 100 cm³/mol. The Morgan fingerprint density at radius 2 is 2.04 bits per heavy atom. The molecule has 1 N–H and O–H groups in total. The average molecular weight is 356 g/mol. The summed E-state index contributed by atoms with van der Waals surface area (Å²) in [5, 5.41) is 5.05. The van der Waals surface area contributed by atoms with Crippen LogP contribution in [0.3, 0.4) is 0 Å². The first-order chi connectivity index (χ1) is 12.0. The fraction of sp³-hybridized carbons (Fsp3) is 0.400. The fourth-order valence-corrected chi connectivity index (χ4v) is 3.96. The number of thiophene rings is 1. The van der Waals surface area contributed by atoms with Gasteiger partial charge in [0.05, 0.1) is 0 Å². The van der Waals surface area contributed by atoms with Crippen LogP contribution in [0.5, 0.6) is 0 Å². The number of benzene rings is 1. The lowest BCUT2D eigenvalue weighted by Crippen LogP contribution is -2.54. The molecule has 1 fully saturated rings. The molecule has 0 aliphatic carbocycles. The summed E-state index contributed by atoms with van der Waals surface area (Å²) in [6.45, 7) is 5.01. The molecule has 1 aromatic carbocycles. The molecule has 2 amide bonds. The number of carbonyl (C=O) groups excluding carboxylic acids is 2. The van der Waals surface area contributed by atoms with Gasteiger partial charge in [0.15, 0.2) is 0 Å². The highest BCUT2D eigenvalue weighted by atomic mass is 32.1. The Morgan fingerprint density at radius 1 is 1.28 bits per heavy atom. The maximum atomic E-state index is 12.8. The molecule has 1 aliphatic heterocycles. The largest absolute Gasteiger partial charge is 0.350 e. The molecule has 2 aromatic rings. The molecule has 0 saturated carbocycles. The molecule has 4 nitrogen and oxygen atoms in total. The van der Waals surface area contributed by atoms with Crippen LogP contribution in [-0.2, 0) is 22.6 Å². The third-order valence-corrected chi connectivity index (χ3v) is 5.88. The van der Waals surface area contributed by atoms with Crippen molar-refractivity contribution < 1.29 is 9.59 Å². The van der Waals surface area contributed by atoms with Crippen LogP contribution in [0.1, 0.15) is 35.8 Å². The lowest BCUT2D eigenvalue weighted by Gasteiger charge is -2.34. The van der Waals surface area contributed by atoms with Crippen molar-refractivity contribution in [3.63, 3.8) is 0 Å². The van der Waals surface area contributed by atoms with Gasteiger partial charge in [-0.05, 0) is 43.7 Å². The molecule has 0 bridgehead atoms. The Balaban J connectivity index is 1.63. The van der Waals surface area contributed by atoms with Crippen LogP contribution < -0.4 is 5.32 Å². The quantitative estimate of drug-likeness (QED) is 0.863. The van der Waals surface area contributed by atoms with Gasteiger partial charge in [0, 0.05) is 24.4 Å². The van der Waals surface area contributed by atoms with Gasteiger partial charge >= 0.3 is 0 Å². The molecule has 2 heterocycles. The topological polar surface area (TPSA) is 49.4 Å². The van der Waals surface area contributed by atoms with E-state index in [0.717, 1.165) is 12.0 Å². The number of hydrogen-bond donors (Lipinski definition) is 1. The molecule has 132 valence electrons. The van der Waals surface area contributed by atoms with Crippen LogP contribution in [0.25, 0.3) is 0 Å². The lowest BCUT2D eigenvalue weighted by molar-refractivity contribution is -0.140. The van der Waals surface area contributed by atoms with Gasteiger partial charge in [0.1, 0.15) is 5.54 Å². The standard InChI is InChI=1S/C20H24N2O2S/c1-15-5-7-16(8-6-15)14-21-19(24)20(2)11-9-18(23)22(20)12-10-17-4-3-13-25-17/h3-8,13H,9-12,14H2,1-2H3,(H,21,24)/t20-/m1/s1. The second-order valence-electron chi connectivity index (χ2n) is 6.82. The van der Waals surface area contributed by atoms with Gasteiger partial charge in [-0.15, -0.1) is 11.3 Å². The van der Waals surface area contributed by atoms with Gasteiger partial charge in [-0.1, -0.05) is 35.9 Å². The molecular weight excluding hydrogens is 332 g/mol. The second-order valence-corrected chi connectivity index (χ2v) is 7.85. The zero-order chi connectivity index (χ0) is 17.9. The Morgan fingerprint density at radius 3 is 2.72 bits per heavy atom. The molecule has 1 aromatic heterocycles. The van der Waals surface area contributed by atoms with Gasteiger partial charge < -0.3 is 10.2 Å². The van der Waals surface area contributed by atoms with Crippen molar-refractivity contribution in [3.05, 3.63) is 57.8 Å². The summed E-state index contributed by atoms with van der Waals surface area (Å²) >= 11 is 1.69. The maximum absolute atomic E-state index is 12.8. The first kappa shape index (κ1) is 17.7. The Bertz CT molecular complexity index is 740. The van der Waals surface area contributed by atoms with E-state index < -0.39 is 5.54 Å². The highest BCUT2D eigenvalue weighted by molar-refractivity contribution is 7.09. The lowest BCUT2D eigenvalue weighted by atomic mass is 9.97. The summed E-state index contributed by atoms with van der Waals surface area (Å²) in [4.78, 5) is 28.1. The third kappa shape index (κ3) is 3.93. The number of rotatable bonds is 6. The smallest absolute Gasteiger partial charge is 0.245 e. The molecule has 25 heavy (non-hydrogen) atoms. The number of carbonyl (C=O) groups is 2. The zero-order valence-electron chi connectivity index (χ0n) is 14.7. The van der Waals surface area contributed by atoms with Crippen LogP contribution in [0.2, 0.25) is 0 Å². The highest BCUT2D eigenvalue weighted by Crippen LogP contribution is 2.31. The summed E-state index contributed by atoms with van der Waals surface area (Å²) in [6.07, 6.45) is 1.82. The van der Waals surface area contributed by atoms with E-state index in [-0.39, 0.29) is 11.8 Å². The van der Waals surface area contributed by atoms with Gasteiger partial charge in [0.25, 0.3) is 0 Å². The van der Waals surface area contributed by atoms with Crippen LogP contribution in [0.15, 0.2) is 41.8 Å². The van der Waals surface area contributed by atoms with Crippen LogP contribution in [-0.4, -0.2) is 28.8 Å². The first-order valence-electron chi connectivity index (χ1n) is 8.66. The highest BCUT2D eigenvalue weighted by Gasteiger charge is 2.46.